The number of amides is 2. The van der Waals surface area contributed by atoms with Gasteiger partial charge in [0.05, 0.1) is 9.78 Å². The van der Waals surface area contributed by atoms with Crippen LogP contribution in [-0.4, -0.2) is 21.1 Å². The third-order valence-electron chi connectivity index (χ3n) is 3.00. The first-order valence-corrected chi connectivity index (χ1v) is 9.39. The molecule has 0 aliphatic carbocycles. The molecular formula is C15H8Cl2N2O2S3. The zero-order valence-electron chi connectivity index (χ0n) is 11.8. The molecule has 1 aromatic heterocycles. The van der Waals surface area contributed by atoms with Gasteiger partial charge in [0.15, 0.2) is 4.32 Å². The van der Waals surface area contributed by atoms with E-state index in [1.54, 1.807) is 41.8 Å². The molecule has 0 unspecified atom stereocenters. The molecule has 0 radical (unpaired) electrons. The number of benzene rings is 1. The smallest absolute Gasteiger partial charge is 0.266 e. The number of hydrogen-bond acceptors (Lipinski definition) is 5. The normalized spacial score (nSPS) is 16.1. The molecule has 24 heavy (non-hydrogen) atoms. The number of halogens is 2. The lowest BCUT2D eigenvalue weighted by molar-refractivity contribution is -0.123. The van der Waals surface area contributed by atoms with E-state index in [9.17, 15) is 9.59 Å². The fourth-order valence-electron chi connectivity index (χ4n) is 1.89. The lowest BCUT2D eigenvalue weighted by atomic mass is 10.2. The number of hydrogen-bond donors (Lipinski definition) is 1. The van der Waals surface area contributed by atoms with Crippen LogP contribution >= 0.6 is 58.5 Å². The van der Waals surface area contributed by atoms with E-state index in [-0.39, 0.29) is 10.2 Å². The van der Waals surface area contributed by atoms with Crippen molar-refractivity contribution in [1.29, 1.82) is 0 Å². The Labute approximate surface area is 161 Å². The molecule has 1 N–H and O–H groups in total. The van der Waals surface area contributed by atoms with E-state index in [2.05, 4.69) is 5.43 Å². The van der Waals surface area contributed by atoms with Crippen LogP contribution in [0.3, 0.4) is 0 Å². The monoisotopic (exact) mass is 414 g/mol. The van der Waals surface area contributed by atoms with Crippen LogP contribution in [0.15, 0.2) is 40.6 Å². The van der Waals surface area contributed by atoms with E-state index in [0.29, 0.717) is 25.4 Å². The molecule has 9 heteroatoms. The first kappa shape index (κ1) is 17.4. The van der Waals surface area contributed by atoms with E-state index >= 15 is 0 Å². The number of carbonyl (C=O) groups is 2. The topological polar surface area (TPSA) is 49.4 Å². The second-order valence-electron chi connectivity index (χ2n) is 4.60. The van der Waals surface area contributed by atoms with Gasteiger partial charge in [0.1, 0.15) is 0 Å². The number of nitrogens with one attached hydrogen (secondary N) is 1. The summed E-state index contributed by atoms with van der Waals surface area (Å²) in [7, 11) is 0. The van der Waals surface area contributed by atoms with Gasteiger partial charge >= 0.3 is 0 Å². The Balaban J connectivity index is 1.81. The number of nitrogens with zero attached hydrogens (tertiary/aromatic N) is 1. The summed E-state index contributed by atoms with van der Waals surface area (Å²) < 4.78 is 0.251. The Morgan fingerprint density at radius 3 is 2.75 bits per heavy atom. The van der Waals surface area contributed by atoms with Gasteiger partial charge in [-0.3, -0.25) is 15.0 Å². The molecule has 1 fully saturated rings. The second-order valence-corrected chi connectivity index (χ2v) is 8.07. The van der Waals surface area contributed by atoms with Crippen molar-refractivity contribution in [2.24, 2.45) is 0 Å². The average molecular weight is 415 g/mol. The Morgan fingerprint density at radius 2 is 2.08 bits per heavy atom. The molecule has 0 bridgehead atoms. The molecular weight excluding hydrogens is 407 g/mol. The summed E-state index contributed by atoms with van der Waals surface area (Å²) >= 11 is 19.5. The number of thiocarbonyl (C=S) groups is 1. The Morgan fingerprint density at radius 1 is 1.29 bits per heavy atom. The summed E-state index contributed by atoms with van der Waals surface area (Å²) in [5.74, 6) is -0.784. The van der Waals surface area contributed by atoms with Gasteiger partial charge in [0.2, 0.25) is 0 Å². The SMILES string of the molecule is O=C(NN1C(=O)/C(=C\c2ccc(Cl)cc2Cl)SC1=S)c1cccs1. The maximum Gasteiger partial charge on any atom is 0.285 e. The third kappa shape index (κ3) is 3.65. The summed E-state index contributed by atoms with van der Waals surface area (Å²) in [6.45, 7) is 0. The van der Waals surface area contributed by atoms with E-state index in [1.807, 2.05) is 0 Å². The van der Waals surface area contributed by atoms with Crippen LogP contribution < -0.4 is 5.43 Å². The Kier molecular flexibility index (Phi) is 5.27. The van der Waals surface area contributed by atoms with E-state index in [4.69, 9.17) is 35.4 Å². The van der Waals surface area contributed by atoms with Crippen LogP contribution in [0.2, 0.25) is 10.0 Å². The molecule has 2 amide bonds. The Bertz CT molecular complexity index is 866. The molecule has 122 valence electrons. The molecule has 1 saturated heterocycles. The fraction of sp³-hybridized carbons (Fsp3) is 0. The maximum absolute atomic E-state index is 12.5. The van der Waals surface area contributed by atoms with Gasteiger partial charge < -0.3 is 0 Å². The zero-order valence-corrected chi connectivity index (χ0v) is 15.7. The first-order valence-electron chi connectivity index (χ1n) is 6.53. The molecule has 0 saturated carbocycles. The van der Waals surface area contributed by atoms with Crippen LogP contribution in [0.5, 0.6) is 0 Å². The maximum atomic E-state index is 12.5. The minimum Gasteiger partial charge on any atom is -0.266 e. The number of hydrazine groups is 1. The largest absolute Gasteiger partial charge is 0.285 e. The lowest BCUT2D eigenvalue weighted by Crippen LogP contribution is -2.44. The quantitative estimate of drug-likeness (QED) is 0.588. The van der Waals surface area contributed by atoms with E-state index in [0.717, 1.165) is 16.8 Å². The Hall–Kier alpha value is -1.38. The van der Waals surface area contributed by atoms with Gasteiger partial charge in [-0.25, -0.2) is 0 Å². The highest BCUT2D eigenvalue weighted by Gasteiger charge is 2.34. The molecule has 0 atom stereocenters. The van der Waals surface area contributed by atoms with E-state index in [1.165, 1.54) is 11.3 Å². The van der Waals surface area contributed by atoms with Crippen molar-refractivity contribution in [3.8, 4) is 0 Å². The van der Waals surface area contributed by atoms with Crippen molar-refractivity contribution in [2.45, 2.75) is 0 Å². The first-order chi connectivity index (χ1) is 11.5. The number of thiophene rings is 1. The fourth-order valence-corrected chi connectivity index (χ4v) is 4.14. The average Bonchev–Trinajstić information content (AvgIpc) is 3.15. The summed E-state index contributed by atoms with van der Waals surface area (Å²) in [6.07, 6.45) is 1.62. The molecule has 2 heterocycles. The van der Waals surface area contributed by atoms with Gasteiger partial charge in [-0.2, -0.15) is 5.01 Å². The molecule has 2 aromatic rings. The van der Waals surface area contributed by atoms with Crippen molar-refractivity contribution < 1.29 is 9.59 Å². The van der Waals surface area contributed by atoms with Crippen molar-refractivity contribution in [1.82, 2.24) is 10.4 Å². The third-order valence-corrected chi connectivity index (χ3v) is 5.73. The van der Waals surface area contributed by atoms with Crippen LogP contribution in [0.25, 0.3) is 6.08 Å². The second kappa shape index (κ2) is 7.25. The van der Waals surface area contributed by atoms with Crippen molar-refractivity contribution in [2.75, 3.05) is 0 Å². The highest BCUT2D eigenvalue weighted by Crippen LogP contribution is 2.33. The van der Waals surface area contributed by atoms with Gasteiger partial charge in [-0.1, -0.05) is 47.1 Å². The predicted molar refractivity (Wildman–Crippen MR) is 103 cm³/mol. The summed E-state index contributed by atoms with van der Waals surface area (Å²) in [6, 6.07) is 8.40. The highest BCUT2D eigenvalue weighted by molar-refractivity contribution is 8.26. The van der Waals surface area contributed by atoms with Gasteiger partial charge in [0.25, 0.3) is 11.8 Å². The number of carbonyl (C=O) groups excluding carboxylic acids is 2. The molecule has 1 aromatic carbocycles. The molecule has 0 spiro atoms. The van der Waals surface area contributed by atoms with Crippen LogP contribution in [0.1, 0.15) is 15.2 Å². The minimum atomic E-state index is -0.402. The molecule has 1 aliphatic rings. The minimum absolute atomic E-state index is 0.251. The van der Waals surface area contributed by atoms with Crippen LogP contribution in [0.4, 0.5) is 0 Å². The van der Waals surface area contributed by atoms with E-state index < -0.39 is 5.91 Å². The van der Waals surface area contributed by atoms with Crippen molar-refractivity contribution >= 4 is 80.7 Å². The van der Waals surface area contributed by atoms with Crippen molar-refractivity contribution in [3.05, 3.63) is 61.1 Å². The van der Waals surface area contributed by atoms with Crippen LogP contribution in [-0.2, 0) is 4.79 Å². The van der Waals surface area contributed by atoms with Crippen LogP contribution in [0, 0.1) is 0 Å². The van der Waals surface area contributed by atoms with Crippen molar-refractivity contribution in [3.63, 3.8) is 0 Å². The standard InChI is InChI=1S/C15H8Cl2N2O2S3/c16-9-4-3-8(10(17)7-9)6-12-14(21)19(15(22)24-12)18-13(20)11-2-1-5-23-11/h1-7H,(H,18,20)/b12-6+. The zero-order chi connectivity index (χ0) is 17.3. The highest BCUT2D eigenvalue weighted by atomic mass is 35.5. The van der Waals surface area contributed by atoms with Gasteiger partial charge in [-0.05, 0) is 47.4 Å². The number of thioether (sulfide) groups is 1. The molecule has 1 aliphatic heterocycles. The summed E-state index contributed by atoms with van der Waals surface area (Å²) in [5.41, 5.74) is 3.16. The number of rotatable bonds is 3. The van der Waals surface area contributed by atoms with Gasteiger partial charge in [0, 0.05) is 10.0 Å². The summed E-state index contributed by atoms with van der Waals surface area (Å²) in [5, 5.41) is 3.78. The van der Waals surface area contributed by atoms with Gasteiger partial charge in [-0.15, -0.1) is 11.3 Å². The summed E-state index contributed by atoms with van der Waals surface area (Å²) in [4.78, 5) is 25.4. The molecule has 3 rings (SSSR count). The molecule has 4 nitrogen and oxygen atoms in total. The lowest BCUT2D eigenvalue weighted by Gasteiger charge is -2.14. The predicted octanol–water partition coefficient (Wildman–Crippen LogP) is 4.60.